The third-order valence-electron chi connectivity index (χ3n) is 5.57. The standard InChI is InChI=1S/C26H26BrN5O3/c1-34-9-10-35-24-14-22-21(13-23(24)32-25(33)11-17-5-7-29-8-6-17)26(18(15-28)16-30-22)31-20-4-2-3-19(27)12-20/h2-4,11-14,16,29H,5-10H2,1H3,(H,30,31)(H,32,33). The predicted molar refractivity (Wildman–Crippen MR) is 140 cm³/mol. The Morgan fingerprint density at radius 1 is 1.26 bits per heavy atom. The first-order chi connectivity index (χ1) is 17.1. The number of piperidine rings is 1. The number of benzene rings is 2. The van der Waals surface area contributed by atoms with Gasteiger partial charge in [-0.1, -0.05) is 27.6 Å². The van der Waals surface area contributed by atoms with Crippen molar-refractivity contribution in [1.82, 2.24) is 10.3 Å². The average molecular weight is 536 g/mol. The van der Waals surface area contributed by atoms with Gasteiger partial charge in [-0.3, -0.25) is 9.78 Å². The number of nitrogens with zero attached hydrogens (tertiary/aromatic N) is 2. The van der Waals surface area contributed by atoms with Crippen molar-refractivity contribution in [2.24, 2.45) is 0 Å². The summed E-state index contributed by atoms with van der Waals surface area (Å²) >= 11 is 3.48. The monoisotopic (exact) mass is 535 g/mol. The number of pyridine rings is 1. The summed E-state index contributed by atoms with van der Waals surface area (Å²) in [5, 5.41) is 20.0. The number of halogens is 1. The lowest BCUT2D eigenvalue weighted by molar-refractivity contribution is -0.112. The number of rotatable bonds is 8. The molecule has 9 heteroatoms. The van der Waals surface area contributed by atoms with Crippen molar-refractivity contribution in [1.29, 1.82) is 5.26 Å². The van der Waals surface area contributed by atoms with Crippen molar-refractivity contribution in [2.75, 3.05) is 44.0 Å². The second kappa shape index (κ2) is 11.8. The number of fused-ring (bicyclic) bond motifs is 1. The Hall–Kier alpha value is -3.45. The van der Waals surface area contributed by atoms with Gasteiger partial charge in [-0.25, -0.2) is 0 Å². The highest BCUT2D eigenvalue weighted by atomic mass is 79.9. The normalized spacial score (nSPS) is 13.2. The molecule has 1 fully saturated rings. The highest BCUT2D eigenvalue weighted by Gasteiger charge is 2.16. The molecule has 8 nitrogen and oxygen atoms in total. The number of carbonyl (C=O) groups is 1. The fourth-order valence-electron chi connectivity index (χ4n) is 3.85. The molecule has 0 unspecified atom stereocenters. The fraction of sp³-hybridized carbons (Fsp3) is 0.269. The number of hydrogen-bond acceptors (Lipinski definition) is 7. The highest BCUT2D eigenvalue weighted by molar-refractivity contribution is 9.10. The molecule has 2 aromatic carbocycles. The van der Waals surface area contributed by atoms with E-state index in [9.17, 15) is 10.1 Å². The number of aromatic nitrogens is 1. The van der Waals surface area contributed by atoms with Crippen molar-refractivity contribution >= 4 is 49.8 Å². The van der Waals surface area contributed by atoms with Gasteiger partial charge in [-0.05, 0) is 50.2 Å². The molecule has 3 N–H and O–H groups in total. The number of nitriles is 1. The van der Waals surface area contributed by atoms with Crippen LogP contribution in [0.3, 0.4) is 0 Å². The molecule has 1 aliphatic rings. The minimum absolute atomic E-state index is 0.219. The zero-order valence-corrected chi connectivity index (χ0v) is 20.9. The van der Waals surface area contributed by atoms with Gasteiger partial charge in [0.1, 0.15) is 18.4 Å². The molecule has 4 rings (SSSR count). The van der Waals surface area contributed by atoms with Gasteiger partial charge >= 0.3 is 0 Å². The molecule has 2 heterocycles. The summed E-state index contributed by atoms with van der Waals surface area (Å²) in [5.74, 6) is 0.265. The number of amides is 1. The third-order valence-corrected chi connectivity index (χ3v) is 6.06. The maximum atomic E-state index is 12.9. The van der Waals surface area contributed by atoms with Gasteiger partial charge in [-0.15, -0.1) is 0 Å². The maximum absolute atomic E-state index is 12.9. The van der Waals surface area contributed by atoms with Crippen LogP contribution in [0.25, 0.3) is 10.9 Å². The molecular formula is C26H26BrN5O3. The van der Waals surface area contributed by atoms with Crippen LogP contribution in [0.5, 0.6) is 5.75 Å². The van der Waals surface area contributed by atoms with Crippen molar-refractivity contribution in [3.05, 3.63) is 64.3 Å². The summed E-state index contributed by atoms with van der Waals surface area (Å²) < 4.78 is 11.9. The van der Waals surface area contributed by atoms with Crippen LogP contribution < -0.4 is 20.7 Å². The fourth-order valence-corrected chi connectivity index (χ4v) is 4.25. The zero-order valence-electron chi connectivity index (χ0n) is 19.4. The molecule has 0 atom stereocenters. The minimum atomic E-state index is -0.219. The molecule has 0 spiro atoms. The molecule has 1 aliphatic heterocycles. The predicted octanol–water partition coefficient (Wildman–Crippen LogP) is 4.89. The smallest absolute Gasteiger partial charge is 0.248 e. The van der Waals surface area contributed by atoms with Crippen LogP contribution in [0.15, 0.2) is 58.7 Å². The van der Waals surface area contributed by atoms with Crippen LogP contribution in [0.1, 0.15) is 18.4 Å². The summed E-state index contributed by atoms with van der Waals surface area (Å²) in [6.07, 6.45) is 4.88. The molecule has 1 saturated heterocycles. The molecule has 0 radical (unpaired) electrons. The number of nitrogens with one attached hydrogen (secondary N) is 3. The lowest BCUT2D eigenvalue weighted by atomic mass is 10.0. The van der Waals surface area contributed by atoms with Crippen LogP contribution in [0.4, 0.5) is 17.1 Å². The van der Waals surface area contributed by atoms with E-state index in [0.29, 0.717) is 46.8 Å². The summed E-state index contributed by atoms with van der Waals surface area (Å²) in [6, 6.07) is 13.4. The van der Waals surface area contributed by atoms with E-state index in [1.165, 1.54) is 6.20 Å². The number of methoxy groups -OCH3 is 1. The third kappa shape index (κ3) is 6.36. The van der Waals surface area contributed by atoms with Gasteiger partial charge in [0, 0.05) is 41.0 Å². The van der Waals surface area contributed by atoms with E-state index >= 15 is 0 Å². The molecule has 3 aromatic rings. The van der Waals surface area contributed by atoms with Gasteiger partial charge in [0.15, 0.2) is 0 Å². The quantitative estimate of drug-likeness (QED) is 0.278. The van der Waals surface area contributed by atoms with E-state index in [1.54, 1.807) is 25.3 Å². The highest BCUT2D eigenvalue weighted by Crippen LogP contribution is 2.36. The number of hydrogen-bond donors (Lipinski definition) is 3. The van der Waals surface area contributed by atoms with Crippen LogP contribution in [0.2, 0.25) is 0 Å². The molecule has 1 amide bonds. The van der Waals surface area contributed by atoms with Crippen molar-refractivity contribution in [2.45, 2.75) is 12.8 Å². The van der Waals surface area contributed by atoms with Gasteiger partial charge in [0.25, 0.3) is 0 Å². The molecule has 0 saturated carbocycles. The Morgan fingerprint density at radius 2 is 2.09 bits per heavy atom. The first-order valence-electron chi connectivity index (χ1n) is 11.3. The molecule has 0 bridgehead atoms. The summed E-state index contributed by atoms with van der Waals surface area (Å²) in [5.41, 5.74) is 4.03. The summed E-state index contributed by atoms with van der Waals surface area (Å²) in [6.45, 7) is 2.46. The van der Waals surface area contributed by atoms with Gasteiger partial charge in [0.2, 0.25) is 5.91 Å². The number of ether oxygens (including phenoxy) is 2. The van der Waals surface area contributed by atoms with Crippen molar-refractivity contribution in [3.8, 4) is 11.8 Å². The topological polar surface area (TPSA) is 108 Å². The van der Waals surface area contributed by atoms with Crippen molar-refractivity contribution < 1.29 is 14.3 Å². The summed E-state index contributed by atoms with van der Waals surface area (Å²) in [4.78, 5) is 17.3. The zero-order chi connectivity index (χ0) is 24.6. The summed E-state index contributed by atoms with van der Waals surface area (Å²) in [7, 11) is 1.60. The Labute approximate surface area is 212 Å². The number of anilines is 3. The van der Waals surface area contributed by atoms with Crippen LogP contribution in [0, 0.1) is 11.3 Å². The van der Waals surface area contributed by atoms with Crippen LogP contribution in [-0.4, -0.2) is 44.3 Å². The second-order valence-corrected chi connectivity index (χ2v) is 8.96. The van der Waals surface area contributed by atoms with E-state index in [-0.39, 0.29) is 5.91 Å². The lowest BCUT2D eigenvalue weighted by Crippen LogP contribution is -2.24. The van der Waals surface area contributed by atoms with Gasteiger partial charge in [0.05, 0.1) is 29.1 Å². The average Bonchev–Trinajstić information content (AvgIpc) is 2.85. The maximum Gasteiger partial charge on any atom is 0.248 e. The van der Waals surface area contributed by atoms with E-state index < -0.39 is 0 Å². The number of carbonyl (C=O) groups excluding carboxylic acids is 1. The lowest BCUT2D eigenvalue weighted by Gasteiger charge is -2.17. The van der Waals surface area contributed by atoms with Gasteiger partial charge < -0.3 is 25.4 Å². The van der Waals surface area contributed by atoms with Crippen LogP contribution in [-0.2, 0) is 9.53 Å². The largest absolute Gasteiger partial charge is 0.489 e. The Bertz CT molecular complexity index is 1290. The van der Waals surface area contributed by atoms with E-state index in [4.69, 9.17) is 9.47 Å². The van der Waals surface area contributed by atoms with E-state index in [0.717, 1.165) is 41.7 Å². The minimum Gasteiger partial charge on any atom is -0.489 e. The van der Waals surface area contributed by atoms with E-state index in [2.05, 4.69) is 42.9 Å². The molecule has 0 aliphatic carbocycles. The molecule has 1 aromatic heterocycles. The first-order valence-corrected chi connectivity index (χ1v) is 12.1. The second-order valence-electron chi connectivity index (χ2n) is 8.04. The Balaban J connectivity index is 1.75. The Kier molecular flexibility index (Phi) is 8.32. The Morgan fingerprint density at radius 3 is 2.83 bits per heavy atom. The molecular weight excluding hydrogens is 510 g/mol. The first kappa shape index (κ1) is 24.7. The SMILES string of the molecule is COCCOc1cc2ncc(C#N)c(Nc3cccc(Br)c3)c2cc1NC(=O)C=C1CCNCC1. The van der Waals surface area contributed by atoms with Crippen LogP contribution >= 0.6 is 15.9 Å². The molecule has 35 heavy (non-hydrogen) atoms. The van der Waals surface area contributed by atoms with E-state index in [1.807, 2.05) is 24.3 Å². The van der Waals surface area contributed by atoms with Crippen molar-refractivity contribution in [3.63, 3.8) is 0 Å². The molecule has 180 valence electrons. The van der Waals surface area contributed by atoms with Gasteiger partial charge in [-0.2, -0.15) is 5.26 Å².